The average molecular weight is 293 g/mol. The Morgan fingerprint density at radius 3 is 2.80 bits per heavy atom. The van der Waals surface area contributed by atoms with Gasteiger partial charge < -0.3 is 10.2 Å². The van der Waals surface area contributed by atoms with Gasteiger partial charge in [-0.25, -0.2) is 4.98 Å². The van der Waals surface area contributed by atoms with Crippen molar-refractivity contribution in [2.24, 2.45) is 5.73 Å². The number of furan rings is 1. The predicted octanol–water partition coefficient (Wildman–Crippen LogP) is 2.34. The molecule has 0 aliphatic rings. The quantitative estimate of drug-likeness (QED) is 0.887. The number of aromatic nitrogens is 1. The first-order valence-electron chi connectivity index (χ1n) is 6.50. The number of thiazole rings is 1. The van der Waals surface area contributed by atoms with Gasteiger partial charge in [-0.05, 0) is 20.0 Å². The fraction of sp³-hybridized carbons (Fsp3) is 0.429. The predicted molar refractivity (Wildman–Crippen MR) is 78.6 cm³/mol. The van der Waals surface area contributed by atoms with Gasteiger partial charge in [0.1, 0.15) is 10.8 Å². The van der Waals surface area contributed by atoms with Gasteiger partial charge in [0.25, 0.3) is 5.91 Å². The van der Waals surface area contributed by atoms with Crippen molar-refractivity contribution in [1.82, 2.24) is 9.88 Å². The number of nitrogens with two attached hydrogens (primary N) is 1. The summed E-state index contributed by atoms with van der Waals surface area (Å²) >= 11 is 1.66. The van der Waals surface area contributed by atoms with E-state index in [0.29, 0.717) is 6.54 Å². The Kier molecular flexibility index (Phi) is 4.57. The van der Waals surface area contributed by atoms with Gasteiger partial charge in [-0.2, -0.15) is 0 Å². The second-order valence-electron chi connectivity index (χ2n) is 4.83. The molecule has 0 aliphatic heterocycles. The van der Waals surface area contributed by atoms with Crippen LogP contribution in [0.2, 0.25) is 0 Å². The summed E-state index contributed by atoms with van der Waals surface area (Å²) in [5, 5.41) is 3.13. The van der Waals surface area contributed by atoms with Crippen LogP contribution in [0.25, 0.3) is 0 Å². The zero-order valence-corrected chi connectivity index (χ0v) is 12.8. The fourth-order valence-electron chi connectivity index (χ4n) is 2.07. The number of aryl methyl sites for hydroxylation is 2. The molecule has 1 amide bonds. The molecular formula is C14H19N3O2S. The number of amides is 1. The molecule has 20 heavy (non-hydrogen) atoms. The highest BCUT2D eigenvalue weighted by atomic mass is 32.1. The van der Waals surface area contributed by atoms with Gasteiger partial charge in [0.2, 0.25) is 0 Å². The first kappa shape index (κ1) is 14.7. The molecule has 6 heteroatoms. The average Bonchev–Trinajstić information content (AvgIpc) is 2.96. The van der Waals surface area contributed by atoms with Crippen molar-refractivity contribution in [3.63, 3.8) is 0 Å². The van der Waals surface area contributed by atoms with E-state index in [1.807, 2.05) is 26.3 Å². The normalized spacial score (nSPS) is 11.2. The van der Waals surface area contributed by atoms with Crippen molar-refractivity contribution in [3.05, 3.63) is 39.2 Å². The summed E-state index contributed by atoms with van der Waals surface area (Å²) in [5.74, 6) is 0.528. The molecule has 0 atom stereocenters. The third kappa shape index (κ3) is 3.46. The van der Waals surface area contributed by atoms with Gasteiger partial charge >= 0.3 is 0 Å². The van der Waals surface area contributed by atoms with Crippen LogP contribution in [0.5, 0.6) is 0 Å². The maximum Gasteiger partial charge on any atom is 0.284 e. The molecule has 108 valence electrons. The highest BCUT2D eigenvalue weighted by Crippen LogP contribution is 2.19. The van der Waals surface area contributed by atoms with Crippen molar-refractivity contribution in [3.8, 4) is 0 Å². The van der Waals surface area contributed by atoms with Crippen LogP contribution in [0.3, 0.4) is 0 Å². The molecule has 0 bridgehead atoms. The SMILES string of the molecule is CCc1oc(C(N)=O)cc1CN(C)Cc1nc(C)cs1. The summed E-state index contributed by atoms with van der Waals surface area (Å²) in [6.07, 6.45) is 0.743. The van der Waals surface area contributed by atoms with Crippen LogP contribution in [0.4, 0.5) is 0 Å². The summed E-state index contributed by atoms with van der Waals surface area (Å²) in [5.41, 5.74) is 7.31. The molecule has 0 radical (unpaired) electrons. The topological polar surface area (TPSA) is 72.4 Å². The van der Waals surface area contributed by atoms with E-state index in [-0.39, 0.29) is 5.76 Å². The molecule has 2 aromatic heterocycles. The molecule has 2 N–H and O–H groups in total. The largest absolute Gasteiger partial charge is 0.456 e. The number of hydrogen-bond acceptors (Lipinski definition) is 5. The lowest BCUT2D eigenvalue weighted by Gasteiger charge is -2.14. The standard InChI is InChI=1S/C14H19N3O2S/c1-4-11-10(5-12(19-11)14(15)18)6-17(3)7-13-16-9(2)8-20-13/h5,8H,4,6-7H2,1-3H3,(H2,15,18). The molecular weight excluding hydrogens is 274 g/mol. The van der Waals surface area contributed by atoms with E-state index in [9.17, 15) is 4.79 Å². The van der Waals surface area contributed by atoms with E-state index in [2.05, 4.69) is 9.88 Å². The maximum atomic E-state index is 11.2. The van der Waals surface area contributed by atoms with Crippen LogP contribution in [0.1, 0.15) is 39.5 Å². The monoisotopic (exact) mass is 293 g/mol. The number of nitrogens with zero attached hydrogens (tertiary/aromatic N) is 2. The zero-order valence-electron chi connectivity index (χ0n) is 12.0. The van der Waals surface area contributed by atoms with E-state index >= 15 is 0 Å². The number of rotatable bonds is 6. The molecule has 5 nitrogen and oxygen atoms in total. The maximum absolute atomic E-state index is 11.2. The summed E-state index contributed by atoms with van der Waals surface area (Å²) in [6.45, 7) is 5.47. The zero-order chi connectivity index (χ0) is 14.7. The van der Waals surface area contributed by atoms with Crippen LogP contribution in [-0.2, 0) is 19.5 Å². The first-order valence-corrected chi connectivity index (χ1v) is 7.38. The number of primary amides is 1. The molecule has 2 rings (SSSR count). The Balaban J connectivity index is 2.06. The van der Waals surface area contributed by atoms with Crippen LogP contribution in [0.15, 0.2) is 15.9 Å². The summed E-state index contributed by atoms with van der Waals surface area (Å²) in [7, 11) is 2.02. The first-order chi connectivity index (χ1) is 9.49. The lowest BCUT2D eigenvalue weighted by atomic mass is 10.2. The van der Waals surface area contributed by atoms with Crippen LogP contribution < -0.4 is 5.73 Å². The second kappa shape index (κ2) is 6.19. The fourth-order valence-corrected chi connectivity index (χ4v) is 2.92. The van der Waals surface area contributed by atoms with Gasteiger partial charge in [-0.1, -0.05) is 6.92 Å². The minimum absolute atomic E-state index is 0.232. The Hall–Kier alpha value is -1.66. The smallest absolute Gasteiger partial charge is 0.284 e. The number of hydrogen-bond donors (Lipinski definition) is 1. The van der Waals surface area contributed by atoms with Gasteiger partial charge in [0, 0.05) is 29.6 Å². The minimum Gasteiger partial charge on any atom is -0.456 e. The molecule has 0 saturated heterocycles. The molecule has 0 aromatic carbocycles. The highest BCUT2D eigenvalue weighted by Gasteiger charge is 2.15. The number of carbonyl (C=O) groups excluding carboxylic acids is 1. The Labute approximate surface area is 122 Å². The van der Waals surface area contributed by atoms with Gasteiger partial charge in [-0.3, -0.25) is 9.69 Å². The van der Waals surface area contributed by atoms with E-state index < -0.39 is 5.91 Å². The van der Waals surface area contributed by atoms with Gasteiger partial charge in [0.15, 0.2) is 5.76 Å². The summed E-state index contributed by atoms with van der Waals surface area (Å²) in [4.78, 5) is 17.8. The Morgan fingerprint density at radius 1 is 1.50 bits per heavy atom. The van der Waals surface area contributed by atoms with Gasteiger partial charge in [0.05, 0.1) is 6.54 Å². The molecule has 0 spiro atoms. The minimum atomic E-state index is -0.524. The van der Waals surface area contributed by atoms with Crippen molar-refractivity contribution in [2.75, 3.05) is 7.05 Å². The molecule has 0 saturated carbocycles. The lowest BCUT2D eigenvalue weighted by molar-refractivity contribution is 0.0972. The molecule has 0 aliphatic carbocycles. The third-order valence-electron chi connectivity index (χ3n) is 2.97. The van der Waals surface area contributed by atoms with Crippen LogP contribution in [0, 0.1) is 6.92 Å². The van der Waals surface area contributed by atoms with E-state index in [4.69, 9.17) is 10.2 Å². The molecule has 0 fully saturated rings. The lowest BCUT2D eigenvalue weighted by Crippen LogP contribution is -2.17. The van der Waals surface area contributed by atoms with E-state index in [0.717, 1.165) is 35.0 Å². The van der Waals surface area contributed by atoms with Crippen molar-refractivity contribution in [1.29, 1.82) is 0 Å². The van der Waals surface area contributed by atoms with Crippen molar-refractivity contribution >= 4 is 17.2 Å². The van der Waals surface area contributed by atoms with E-state index in [1.165, 1.54) is 0 Å². The van der Waals surface area contributed by atoms with Crippen LogP contribution >= 0.6 is 11.3 Å². The highest BCUT2D eigenvalue weighted by molar-refractivity contribution is 7.09. The Morgan fingerprint density at radius 2 is 2.25 bits per heavy atom. The molecule has 2 heterocycles. The third-order valence-corrected chi connectivity index (χ3v) is 3.92. The molecule has 2 aromatic rings. The second-order valence-corrected chi connectivity index (χ2v) is 5.77. The summed E-state index contributed by atoms with van der Waals surface area (Å²) in [6, 6.07) is 1.74. The Bertz CT molecular complexity index is 603. The van der Waals surface area contributed by atoms with Crippen LogP contribution in [-0.4, -0.2) is 22.8 Å². The van der Waals surface area contributed by atoms with Gasteiger partial charge in [-0.15, -0.1) is 11.3 Å². The number of carbonyl (C=O) groups is 1. The summed E-state index contributed by atoms with van der Waals surface area (Å²) < 4.78 is 5.47. The molecule has 0 unspecified atom stereocenters. The van der Waals surface area contributed by atoms with Crippen molar-refractivity contribution in [2.45, 2.75) is 33.4 Å². The van der Waals surface area contributed by atoms with Crippen molar-refractivity contribution < 1.29 is 9.21 Å². The van der Waals surface area contributed by atoms with E-state index in [1.54, 1.807) is 17.4 Å².